The summed E-state index contributed by atoms with van der Waals surface area (Å²) in [4.78, 5) is 64.3. The number of likely N-dealkylation sites (tertiary alicyclic amines) is 2. The number of pyridine rings is 1. The van der Waals surface area contributed by atoms with Crippen molar-refractivity contribution in [1.29, 1.82) is 0 Å². The quantitative estimate of drug-likeness (QED) is 0.304. The molecular weight excluding hydrogens is 556 g/mol. The number of H-pyrrole nitrogens is 1. The van der Waals surface area contributed by atoms with Crippen molar-refractivity contribution in [3.05, 3.63) is 95.9 Å². The Bertz CT molecular complexity index is 1680. The number of aromatic nitrogens is 2. The second-order valence-electron chi connectivity index (χ2n) is 12.6. The van der Waals surface area contributed by atoms with E-state index in [1.165, 1.54) is 6.20 Å². The van der Waals surface area contributed by atoms with Crippen molar-refractivity contribution < 1.29 is 19.2 Å². The number of fused-ring (bicyclic) bond motifs is 2. The lowest BCUT2D eigenvalue weighted by Gasteiger charge is -2.56. The number of aromatic amines is 1. The number of para-hydroxylation sites is 2. The summed E-state index contributed by atoms with van der Waals surface area (Å²) in [5.41, 5.74) is 2.00. The molecule has 2 fully saturated rings. The maximum absolute atomic E-state index is 13.9. The highest BCUT2D eigenvalue weighted by Crippen LogP contribution is 2.35. The number of anilines is 1. The Hall–Kier alpha value is -4.99. The van der Waals surface area contributed by atoms with Crippen molar-refractivity contribution in [2.75, 3.05) is 18.4 Å². The van der Waals surface area contributed by atoms with Crippen LogP contribution in [0.15, 0.2) is 79.0 Å². The van der Waals surface area contributed by atoms with Crippen molar-refractivity contribution >= 4 is 40.2 Å². The van der Waals surface area contributed by atoms with E-state index in [4.69, 9.17) is 0 Å². The Balaban J connectivity index is 1.11. The van der Waals surface area contributed by atoms with Crippen LogP contribution in [0.3, 0.4) is 0 Å². The van der Waals surface area contributed by atoms with Crippen molar-refractivity contribution in [3.8, 4) is 0 Å². The third kappa shape index (κ3) is 5.67. The van der Waals surface area contributed by atoms with E-state index in [1.807, 2.05) is 63.2 Å². The molecule has 0 radical (unpaired) electrons. The zero-order valence-electron chi connectivity index (χ0n) is 25.0. The van der Waals surface area contributed by atoms with Gasteiger partial charge in [-0.15, -0.1) is 0 Å². The molecule has 2 aromatic carbocycles. The molecule has 2 aliphatic heterocycles. The van der Waals surface area contributed by atoms with Gasteiger partial charge < -0.3 is 25.4 Å². The highest BCUT2D eigenvalue weighted by atomic mass is 16.2. The number of piperidine rings is 1. The Labute approximate surface area is 255 Å². The summed E-state index contributed by atoms with van der Waals surface area (Å²) in [7, 11) is 0. The molecule has 10 nitrogen and oxygen atoms in total. The molecule has 4 heterocycles. The molecule has 2 saturated heterocycles. The number of carbonyl (C=O) groups excluding carboxylic acids is 4. The number of nitrogens with one attached hydrogen (secondary N) is 3. The molecule has 2 aliphatic rings. The molecule has 0 saturated carbocycles. The summed E-state index contributed by atoms with van der Waals surface area (Å²) in [5, 5.41) is 6.72. The first-order chi connectivity index (χ1) is 21.1. The molecule has 10 heteroatoms. The Kier molecular flexibility index (Phi) is 7.67. The van der Waals surface area contributed by atoms with Gasteiger partial charge in [0.25, 0.3) is 17.7 Å². The number of nitrogens with zero attached hydrogens (tertiary/aromatic N) is 3. The lowest BCUT2D eigenvalue weighted by atomic mass is 9.81. The summed E-state index contributed by atoms with van der Waals surface area (Å²) in [6.07, 6.45) is 2.93. The van der Waals surface area contributed by atoms with Crippen LogP contribution in [0.25, 0.3) is 10.9 Å². The highest BCUT2D eigenvalue weighted by Gasteiger charge is 2.51. The van der Waals surface area contributed by atoms with Crippen LogP contribution in [0.4, 0.5) is 5.69 Å². The first-order valence-electron chi connectivity index (χ1n) is 14.9. The smallest absolute Gasteiger partial charge is 0.272 e. The van der Waals surface area contributed by atoms with Crippen molar-refractivity contribution in [2.24, 2.45) is 5.41 Å². The van der Waals surface area contributed by atoms with E-state index < -0.39 is 11.5 Å². The largest absolute Gasteiger partial charge is 0.351 e. The highest BCUT2D eigenvalue weighted by molar-refractivity contribution is 6.04. The third-order valence-corrected chi connectivity index (χ3v) is 8.51. The average molecular weight is 593 g/mol. The van der Waals surface area contributed by atoms with Crippen LogP contribution in [-0.4, -0.2) is 74.6 Å². The Morgan fingerprint density at radius 3 is 2.36 bits per heavy atom. The van der Waals surface area contributed by atoms with Gasteiger partial charge in [-0.05, 0) is 54.7 Å². The number of carbonyl (C=O) groups is 4. The lowest BCUT2D eigenvalue weighted by Crippen LogP contribution is -2.73. The van der Waals surface area contributed by atoms with E-state index in [1.54, 1.807) is 40.1 Å². The predicted molar refractivity (Wildman–Crippen MR) is 167 cm³/mol. The molecule has 4 amide bonds. The van der Waals surface area contributed by atoms with Gasteiger partial charge in [-0.2, -0.15) is 0 Å². The van der Waals surface area contributed by atoms with Crippen molar-refractivity contribution in [1.82, 2.24) is 25.1 Å². The summed E-state index contributed by atoms with van der Waals surface area (Å²) < 4.78 is 0. The molecule has 6 rings (SSSR count). The lowest BCUT2D eigenvalue weighted by molar-refractivity contribution is -0.152. The fraction of sp³-hybridized carbons (Fsp3) is 0.324. The minimum atomic E-state index is -0.746. The SMILES string of the molecule is CC(C)(C)[C@H](NC(=O)c1cc2ccccc2[nH]1)C(=O)N1C[C@@H]2C1CCCN2C(=O)c1ccc(C(=O)Nc2ccccc2)cn1. The summed E-state index contributed by atoms with van der Waals surface area (Å²) in [6, 6.07) is 20.7. The number of hydrogen-bond acceptors (Lipinski definition) is 5. The van der Waals surface area contributed by atoms with Crippen LogP contribution >= 0.6 is 0 Å². The monoisotopic (exact) mass is 592 g/mol. The first-order valence-corrected chi connectivity index (χ1v) is 14.9. The predicted octanol–water partition coefficient (Wildman–Crippen LogP) is 4.48. The van der Waals surface area contributed by atoms with E-state index in [9.17, 15) is 19.2 Å². The third-order valence-electron chi connectivity index (χ3n) is 8.51. The van der Waals surface area contributed by atoms with Gasteiger partial charge in [0.2, 0.25) is 5.91 Å². The van der Waals surface area contributed by atoms with Crippen molar-refractivity contribution in [2.45, 2.75) is 51.7 Å². The molecule has 0 bridgehead atoms. The van der Waals surface area contributed by atoms with Gasteiger partial charge in [0.05, 0.1) is 17.6 Å². The molecule has 226 valence electrons. The fourth-order valence-corrected chi connectivity index (χ4v) is 6.07. The van der Waals surface area contributed by atoms with Gasteiger partial charge in [0.15, 0.2) is 0 Å². The summed E-state index contributed by atoms with van der Waals surface area (Å²) in [5.74, 6) is -1.01. The second kappa shape index (κ2) is 11.6. The molecule has 3 atom stereocenters. The minimum Gasteiger partial charge on any atom is -0.351 e. The molecule has 1 unspecified atom stereocenters. The Morgan fingerprint density at radius 2 is 1.66 bits per heavy atom. The van der Waals surface area contributed by atoms with Gasteiger partial charge >= 0.3 is 0 Å². The molecule has 0 spiro atoms. The standard InChI is InChI=1S/C34H36N6O4/c1-34(2,3)29(38-31(42)26-18-21-10-7-8-13-24(21)37-26)33(44)40-20-28-27(40)14-9-17-39(28)32(43)25-16-15-22(19-35-25)30(41)36-23-11-5-4-6-12-23/h4-8,10-13,15-16,18-19,27-29,37H,9,14,17,20H2,1-3H3,(H,36,41)(H,38,42)/t27?,28-,29-/m1/s1. The molecule has 4 aromatic rings. The van der Waals surface area contributed by atoms with Crippen LogP contribution in [-0.2, 0) is 4.79 Å². The summed E-state index contributed by atoms with van der Waals surface area (Å²) in [6.45, 7) is 6.76. The first kappa shape index (κ1) is 29.1. The molecule has 3 N–H and O–H groups in total. The van der Waals surface area contributed by atoms with Crippen LogP contribution in [0.1, 0.15) is 64.9 Å². The molecule has 2 aromatic heterocycles. The van der Waals surface area contributed by atoms with E-state index >= 15 is 0 Å². The Morgan fingerprint density at radius 1 is 0.909 bits per heavy atom. The zero-order valence-corrected chi connectivity index (χ0v) is 25.0. The maximum atomic E-state index is 13.9. The van der Waals surface area contributed by atoms with Crippen molar-refractivity contribution in [3.63, 3.8) is 0 Å². The second-order valence-corrected chi connectivity index (χ2v) is 12.6. The van der Waals surface area contributed by atoms with Crippen LogP contribution in [0, 0.1) is 5.41 Å². The normalized spacial score (nSPS) is 18.6. The molecule has 0 aliphatic carbocycles. The van der Waals surface area contributed by atoms with Crippen LogP contribution in [0.5, 0.6) is 0 Å². The average Bonchev–Trinajstić information content (AvgIpc) is 3.44. The topological polar surface area (TPSA) is 127 Å². The van der Waals surface area contributed by atoms with E-state index in [0.29, 0.717) is 30.0 Å². The number of amides is 4. The zero-order chi connectivity index (χ0) is 31.0. The fourth-order valence-electron chi connectivity index (χ4n) is 6.07. The minimum absolute atomic E-state index is 0.131. The molecule has 44 heavy (non-hydrogen) atoms. The van der Waals surface area contributed by atoms with Crippen LogP contribution < -0.4 is 10.6 Å². The number of rotatable bonds is 6. The van der Waals surface area contributed by atoms with E-state index in [0.717, 1.165) is 23.7 Å². The number of benzene rings is 2. The van der Waals surface area contributed by atoms with Gasteiger partial charge in [-0.1, -0.05) is 57.2 Å². The number of hydrogen-bond donors (Lipinski definition) is 3. The maximum Gasteiger partial charge on any atom is 0.272 e. The van der Waals surface area contributed by atoms with Gasteiger partial charge in [0, 0.05) is 35.9 Å². The van der Waals surface area contributed by atoms with Gasteiger partial charge in [0.1, 0.15) is 17.4 Å². The van der Waals surface area contributed by atoms with E-state index in [2.05, 4.69) is 20.6 Å². The summed E-state index contributed by atoms with van der Waals surface area (Å²) >= 11 is 0. The van der Waals surface area contributed by atoms with Gasteiger partial charge in [-0.3, -0.25) is 24.2 Å². The van der Waals surface area contributed by atoms with E-state index in [-0.39, 0.29) is 41.4 Å². The van der Waals surface area contributed by atoms with Gasteiger partial charge in [-0.25, -0.2) is 0 Å². The van der Waals surface area contributed by atoms with Crippen LogP contribution in [0.2, 0.25) is 0 Å². The molecular formula is C34H36N6O4.